The standard InChI is InChI=1S/C13H21N3O3/c1-18-8-10(6-17)15-12-5-4-11(14)13(16-12)19-7-9-2-3-9/h4-5,9-10,17H,2-3,6-8,14H2,1H3,(H,15,16). The molecule has 19 heavy (non-hydrogen) atoms. The lowest BCUT2D eigenvalue weighted by Gasteiger charge is -2.17. The molecule has 6 heteroatoms. The van der Waals surface area contributed by atoms with E-state index in [1.165, 1.54) is 12.8 Å². The van der Waals surface area contributed by atoms with E-state index < -0.39 is 0 Å². The number of hydrogen-bond acceptors (Lipinski definition) is 6. The Morgan fingerprint density at radius 1 is 1.53 bits per heavy atom. The SMILES string of the molecule is COCC(CO)Nc1ccc(N)c(OCC2CC2)n1. The van der Waals surface area contributed by atoms with E-state index >= 15 is 0 Å². The van der Waals surface area contributed by atoms with Crippen molar-refractivity contribution < 1.29 is 14.6 Å². The number of pyridine rings is 1. The third kappa shape index (κ3) is 4.25. The Bertz CT molecular complexity index is 410. The molecule has 4 N–H and O–H groups in total. The molecule has 1 aliphatic rings. The molecule has 0 bridgehead atoms. The maximum absolute atomic E-state index is 9.20. The number of aliphatic hydroxyl groups excluding tert-OH is 1. The molecule has 0 aromatic carbocycles. The van der Waals surface area contributed by atoms with Gasteiger partial charge in [0.2, 0.25) is 5.88 Å². The van der Waals surface area contributed by atoms with E-state index in [9.17, 15) is 5.11 Å². The molecule has 1 saturated carbocycles. The van der Waals surface area contributed by atoms with Gasteiger partial charge in [-0.1, -0.05) is 0 Å². The number of aromatic nitrogens is 1. The van der Waals surface area contributed by atoms with Crippen LogP contribution in [0.1, 0.15) is 12.8 Å². The van der Waals surface area contributed by atoms with Crippen molar-refractivity contribution in [3.63, 3.8) is 0 Å². The molecule has 1 aliphatic carbocycles. The van der Waals surface area contributed by atoms with Crippen molar-refractivity contribution in [3.8, 4) is 5.88 Å². The monoisotopic (exact) mass is 267 g/mol. The second-order valence-electron chi connectivity index (χ2n) is 4.82. The molecule has 1 heterocycles. The summed E-state index contributed by atoms with van der Waals surface area (Å²) in [6.07, 6.45) is 2.44. The van der Waals surface area contributed by atoms with Gasteiger partial charge in [-0.05, 0) is 30.9 Å². The molecule has 1 aromatic rings. The lowest BCUT2D eigenvalue weighted by Crippen LogP contribution is -2.29. The minimum Gasteiger partial charge on any atom is -0.476 e. The Balaban J connectivity index is 1.97. The molecule has 2 rings (SSSR count). The maximum atomic E-state index is 9.20. The third-order valence-corrected chi connectivity index (χ3v) is 2.98. The fourth-order valence-electron chi connectivity index (χ4n) is 1.68. The van der Waals surface area contributed by atoms with Crippen LogP contribution < -0.4 is 15.8 Å². The number of hydrogen-bond donors (Lipinski definition) is 3. The molecule has 0 saturated heterocycles. The van der Waals surface area contributed by atoms with Crippen molar-refractivity contribution in [2.75, 3.05) is 38.0 Å². The first-order valence-corrected chi connectivity index (χ1v) is 6.48. The fraction of sp³-hybridized carbons (Fsp3) is 0.615. The van der Waals surface area contributed by atoms with Gasteiger partial charge >= 0.3 is 0 Å². The normalized spacial score (nSPS) is 16.1. The van der Waals surface area contributed by atoms with E-state index in [1.54, 1.807) is 19.2 Å². The largest absolute Gasteiger partial charge is 0.476 e. The van der Waals surface area contributed by atoms with Gasteiger partial charge in [0, 0.05) is 7.11 Å². The van der Waals surface area contributed by atoms with E-state index in [1.807, 2.05) is 0 Å². The van der Waals surface area contributed by atoms with Crippen molar-refractivity contribution in [1.29, 1.82) is 0 Å². The van der Waals surface area contributed by atoms with Crippen LogP contribution in [0, 0.1) is 5.92 Å². The number of rotatable bonds is 8. The number of aliphatic hydroxyl groups is 1. The predicted molar refractivity (Wildman–Crippen MR) is 73.2 cm³/mol. The number of methoxy groups -OCH3 is 1. The minimum absolute atomic E-state index is 0.0296. The van der Waals surface area contributed by atoms with Crippen LogP contribution in [0.15, 0.2) is 12.1 Å². The summed E-state index contributed by atoms with van der Waals surface area (Å²) < 4.78 is 10.6. The van der Waals surface area contributed by atoms with E-state index in [0.29, 0.717) is 36.5 Å². The number of nitrogens with two attached hydrogens (primary N) is 1. The molecule has 0 spiro atoms. The summed E-state index contributed by atoms with van der Waals surface area (Å²) in [5.41, 5.74) is 6.36. The number of nitrogens with one attached hydrogen (secondary N) is 1. The molecule has 106 valence electrons. The highest BCUT2D eigenvalue weighted by Crippen LogP contribution is 2.30. The van der Waals surface area contributed by atoms with Gasteiger partial charge in [0.25, 0.3) is 0 Å². The Morgan fingerprint density at radius 2 is 2.32 bits per heavy atom. The molecule has 0 aliphatic heterocycles. The smallest absolute Gasteiger partial charge is 0.239 e. The van der Waals surface area contributed by atoms with Crippen LogP contribution in [-0.2, 0) is 4.74 Å². The lowest BCUT2D eigenvalue weighted by atomic mass is 10.3. The predicted octanol–water partition coefficient (Wildman–Crippen LogP) is 0.872. The molecule has 1 atom stereocenters. The van der Waals surface area contributed by atoms with Crippen LogP contribution in [-0.4, -0.2) is 43.1 Å². The molecule has 0 amide bonds. The fourth-order valence-corrected chi connectivity index (χ4v) is 1.68. The van der Waals surface area contributed by atoms with Gasteiger partial charge in [0.1, 0.15) is 5.82 Å². The Labute approximate surface area is 112 Å². The van der Waals surface area contributed by atoms with Gasteiger partial charge in [-0.25, -0.2) is 0 Å². The molecular formula is C13H21N3O3. The van der Waals surface area contributed by atoms with Crippen LogP contribution in [0.5, 0.6) is 5.88 Å². The van der Waals surface area contributed by atoms with Gasteiger partial charge in [-0.15, -0.1) is 0 Å². The van der Waals surface area contributed by atoms with E-state index in [0.717, 1.165) is 0 Å². The molecular weight excluding hydrogens is 246 g/mol. The zero-order chi connectivity index (χ0) is 13.7. The summed E-state index contributed by atoms with van der Waals surface area (Å²) in [4.78, 5) is 4.32. The van der Waals surface area contributed by atoms with Crippen molar-refractivity contribution in [2.24, 2.45) is 5.92 Å². The highest BCUT2D eigenvalue weighted by molar-refractivity contribution is 5.53. The first-order chi connectivity index (χ1) is 9.22. The number of anilines is 2. The van der Waals surface area contributed by atoms with Crippen molar-refractivity contribution in [3.05, 3.63) is 12.1 Å². The Morgan fingerprint density at radius 3 is 2.95 bits per heavy atom. The third-order valence-electron chi connectivity index (χ3n) is 2.98. The zero-order valence-electron chi connectivity index (χ0n) is 11.1. The topological polar surface area (TPSA) is 89.6 Å². The average Bonchev–Trinajstić information content (AvgIpc) is 3.23. The summed E-state index contributed by atoms with van der Waals surface area (Å²) in [7, 11) is 1.59. The summed E-state index contributed by atoms with van der Waals surface area (Å²) in [6.45, 7) is 1.04. The number of nitrogen functional groups attached to an aromatic ring is 1. The summed E-state index contributed by atoms with van der Waals surface area (Å²) in [6, 6.07) is 3.31. The second kappa shape index (κ2) is 6.58. The van der Waals surface area contributed by atoms with Gasteiger partial charge in [-0.2, -0.15) is 4.98 Å². The molecule has 1 aromatic heterocycles. The van der Waals surface area contributed by atoms with Crippen molar-refractivity contribution >= 4 is 11.5 Å². The van der Waals surface area contributed by atoms with Crippen LogP contribution in [0.25, 0.3) is 0 Å². The second-order valence-corrected chi connectivity index (χ2v) is 4.82. The zero-order valence-corrected chi connectivity index (χ0v) is 11.1. The number of ether oxygens (including phenoxy) is 2. The van der Waals surface area contributed by atoms with Crippen LogP contribution >= 0.6 is 0 Å². The van der Waals surface area contributed by atoms with Crippen molar-refractivity contribution in [1.82, 2.24) is 4.98 Å². The minimum atomic E-state index is -0.197. The maximum Gasteiger partial charge on any atom is 0.239 e. The molecule has 6 nitrogen and oxygen atoms in total. The summed E-state index contributed by atoms with van der Waals surface area (Å²) >= 11 is 0. The number of nitrogens with zero attached hydrogens (tertiary/aromatic N) is 1. The Hall–Kier alpha value is -1.53. The first-order valence-electron chi connectivity index (χ1n) is 6.48. The van der Waals surface area contributed by atoms with E-state index in [2.05, 4.69) is 10.3 Å². The van der Waals surface area contributed by atoms with Crippen LogP contribution in [0.3, 0.4) is 0 Å². The molecule has 0 radical (unpaired) electrons. The highest BCUT2D eigenvalue weighted by atomic mass is 16.5. The van der Waals surface area contributed by atoms with Gasteiger partial charge in [0.05, 0.1) is 31.5 Å². The van der Waals surface area contributed by atoms with E-state index in [4.69, 9.17) is 15.2 Å². The molecule has 1 fully saturated rings. The summed E-state index contributed by atoms with van der Waals surface area (Å²) in [5.74, 6) is 1.72. The Kier molecular flexibility index (Phi) is 4.81. The summed E-state index contributed by atoms with van der Waals surface area (Å²) in [5, 5.41) is 12.3. The van der Waals surface area contributed by atoms with Crippen LogP contribution in [0.2, 0.25) is 0 Å². The van der Waals surface area contributed by atoms with Gasteiger partial charge in [-0.3, -0.25) is 0 Å². The first kappa shape index (κ1) is 13.9. The van der Waals surface area contributed by atoms with Crippen molar-refractivity contribution in [2.45, 2.75) is 18.9 Å². The van der Waals surface area contributed by atoms with Gasteiger partial charge in [0.15, 0.2) is 0 Å². The average molecular weight is 267 g/mol. The molecule has 1 unspecified atom stereocenters. The van der Waals surface area contributed by atoms with Gasteiger partial charge < -0.3 is 25.6 Å². The van der Waals surface area contributed by atoms with Crippen LogP contribution in [0.4, 0.5) is 11.5 Å². The van der Waals surface area contributed by atoms with E-state index in [-0.39, 0.29) is 12.6 Å². The quantitative estimate of drug-likeness (QED) is 0.647. The highest BCUT2D eigenvalue weighted by Gasteiger charge is 2.22. The lowest BCUT2D eigenvalue weighted by molar-refractivity contribution is 0.153.